The fourth-order valence-corrected chi connectivity index (χ4v) is 1.83. The van der Waals surface area contributed by atoms with Gasteiger partial charge in [-0.3, -0.25) is 0 Å². The number of aliphatic carboxylic acids is 1. The van der Waals surface area contributed by atoms with Crippen LogP contribution in [0, 0.1) is 5.92 Å². The summed E-state index contributed by atoms with van der Waals surface area (Å²) in [4.78, 5) is 8.89. The van der Waals surface area contributed by atoms with E-state index in [2.05, 4.69) is 48.8 Å². The van der Waals surface area contributed by atoms with E-state index in [1.165, 1.54) is 32.2 Å². The molecule has 1 aromatic heterocycles. The number of aromatic nitrogens is 2. The van der Waals surface area contributed by atoms with Gasteiger partial charge >= 0.3 is 0 Å². The normalized spacial score (nSPS) is 11.6. The second-order valence-corrected chi connectivity index (χ2v) is 4.68. The molecule has 1 aromatic rings. The molecule has 0 saturated carbocycles. The van der Waals surface area contributed by atoms with Crippen molar-refractivity contribution in [2.24, 2.45) is 13.0 Å². The Morgan fingerprint density at radius 2 is 2.06 bits per heavy atom. The molecule has 4 nitrogen and oxygen atoms in total. The first kappa shape index (κ1) is 16.7. The molecule has 1 atom stereocenters. The van der Waals surface area contributed by atoms with Gasteiger partial charge in [0.1, 0.15) is 12.4 Å². The van der Waals surface area contributed by atoms with Gasteiger partial charge in [-0.25, -0.2) is 9.13 Å². The van der Waals surface area contributed by atoms with Gasteiger partial charge < -0.3 is 9.90 Å². The zero-order chi connectivity index (χ0) is 14.0. The predicted molar refractivity (Wildman–Crippen MR) is 69.6 cm³/mol. The molecular formula is C14H26N2O2. The highest BCUT2D eigenvalue weighted by molar-refractivity contribution is 5.60. The maximum absolute atomic E-state index is 8.89. The Hall–Kier alpha value is -1.32. The number of carbonyl (C=O) groups excluding carboxylic acids is 1. The second kappa shape index (κ2) is 9.68. The lowest BCUT2D eigenvalue weighted by Crippen LogP contribution is -2.35. The van der Waals surface area contributed by atoms with Crippen LogP contribution in [0.25, 0.3) is 0 Å². The summed E-state index contributed by atoms with van der Waals surface area (Å²) in [5.74, 6) is -0.234. The average molecular weight is 254 g/mol. The Morgan fingerprint density at radius 3 is 2.44 bits per heavy atom. The minimum atomic E-state index is -1.08. The fourth-order valence-electron chi connectivity index (χ4n) is 1.83. The highest BCUT2D eigenvalue weighted by Gasteiger charge is 2.10. The van der Waals surface area contributed by atoms with Crippen LogP contribution in [0.15, 0.2) is 18.7 Å². The van der Waals surface area contributed by atoms with Crippen molar-refractivity contribution in [3.63, 3.8) is 0 Å². The Balaban J connectivity index is 0.000000631. The van der Waals surface area contributed by atoms with Crippen molar-refractivity contribution in [1.82, 2.24) is 4.57 Å². The molecule has 1 rings (SSSR count). The molecule has 0 amide bonds. The Labute approximate surface area is 110 Å². The van der Waals surface area contributed by atoms with Gasteiger partial charge in [0.15, 0.2) is 0 Å². The first-order valence-electron chi connectivity index (χ1n) is 6.68. The minimum absolute atomic E-state index is 0.849. The van der Waals surface area contributed by atoms with Gasteiger partial charge in [-0.2, -0.15) is 0 Å². The molecule has 0 saturated heterocycles. The molecule has 0 radical (unpaired) electrons. The summed E-state index contributed by atoms with van der Waals surface area (Å²) in [5.41, 5.74) is 0. The summed E-state index contributed by atoms with van der Waals surface area (Å²) in [6, 6.07) is 0. The van der Waals surface area contributed by atoms with Crippen molar-refractivity contribution in [2.75, 3.05) is 0 Å². The van der Waals surface area contributed by atoms with E-state index in [0.29, 0.717) is 0 Å². The lowest BCUT2D eigenvalue weighted by atomic mass is 9.99. The van der Waals surface area contributed by atoms with Gasteiger partial charge in [-0.1, -0.05) is 26.7 Å². The van der Waals surface area contributed by atoms with Crippen LogP contribution in [0.2, 0.25) is 0 Å². The quantitative estimate of drug-likeness (QED) is 0.718. The molecule has 0 N–H and O–H groups in total. The average Bonchev–Trinajstić information content (AvgIpc) is 2.69. The first-order chi connectivity index (χ1) is 8.49. The molecule has 0 aliphatic heterocycles. The summed E-state index contributed by atoms with van der Waals surface area (Å²) in [6.07, 6.45) is 11.8. The number of hydrogen-bond donors (Lipinski definition) is 0. The smallest absolute Gasteiger partial charge is 0.243 e. The number of aryl methyl sites for hydroxylation is 1. The van der Waals surface area contributed by atoms with Crippen LogP contribution >= 0.6 is 0 Å². The molecule has 0 spiro atoms. The maximum Gasteiger partial charge on any atom is 0.243 e. The van der Waals surface area contributed by atoms with E-state index in [1.807, 2.05) is 0 Å². The first-order valence-corrected chi connectivity index (χ1v) is 6.68. The standard InChI is InChI=1S/C12H23N2.C2H4O2/c1-4-6-7-12(5-2)10-14-9-8-13(3)11-14;1-2(3)4/h8-9,11-12H,4-7,10H2,1-3H3;1H3,(H,3,4)/q+1;/p-1. The van der Waals surface area contributed by atoms with E-state index in [1.54, 1.807) is 0 Å². The SMILES string of the molecule is CC(=O)[O-].CCCCC(CC)C[n+]1ccn(C)c1. The van der Waals surface area contributed by atoms with Crippen LogP contribution in [0.5, 0.6) is 0 Å². The summed E-state index contributed by atoms with van der Waals surface area (Å²) in [6.45, 7) is 6.71. The molecule has 1 unspecified atom stereocenters. The van der Waals surface area contributed by atoms with Crippen LogP contribution in [0.3, 0.4) is 0 Å². The highest BCUT2D eigenvalue weighted by atomic mass is 16.4. The number of rotatable bonds is 6. The second-order valence-electron chi connectivity index (χ2n) is 4.68. The predicted octanol–water partition coefficient (Wildman–Crippen LogP) is 1.29. The van der Waals surface area contributed by atoms with Gasteiger partial charge in [0.05, 0.1) is 13.6 Å². The number of hydrogen-bond acceptors (Lipinski definition) is 2. The lowest BCUT2D eigenvalue weighted by Gasteiger charge is -2.11. The number of unbranched alkanes of at least 4 members (excludes halogenated alkanes) is 1. The van der Waals surface area contributed by atoms with Gasteiger partial charge in [0, 0.05) is 5.97 Å². The Kier molecular flexibility index (Phi) is 8.97. The highest BCUT2D eigenvalue weighted by Crippen LogP contribution is 2.12. The monoisotopic (exact) mass is 254 g/mol. The number of nitrogens with zero attached hydrogens (tertiary/aromatic N) is 2. The fraction of sp³-hybridized carbons (Fsp3) is 0.714. The van der Waals surface area contributed by atoms with E-state index in [4.69, 9.17) is 9.90 Å². The van der Waals surface area contributed by atoms with E-state index in [-0.39, 0.29) is 0 Å². The summed E-state index contributed by atoms with van der Waals surface area (Å²) < 4.78 is 4.40. The molecule has 1 heterocycles. The third-order valence-corrected chi connectivity index (χ3v) is 2.84. The molecule has 18 heavy (non-hydrogen) atoms. The van der Waals surface area contributed by atoms with Crippen LogP contribution in [0.4, 0.5) is 0 Å². The number of carboxylic acid groups (broad SMARTS) is 1. The van der Waals surface area contributed by atoms with E-state index in [9.17, 15) is 0 Å². The van der Waals surface area contributed by atoms with Crippen LogP contribution < -0.4 is 9.67 Å². The van der Waals surface area contributed by atoms with Crippen LogP contribution in [0.1, 0.15) is 46.5 Å². The molecule has 0 bridgehead atoms. The zero-order valence-electron chi connectivity index (χ0n) is 12.1. The Morgan fingerprint density at radius 1 is 1.44 bits per heavy atom. The molecule has 0 aliphatic rings. The van der Waals surface area contributed by atoms with Crippen molar-refractivity contribution in [1.29, 1.82) is 0 Å². The van der Waals surface area contributed by atoms with Crippen LogP contribution in [-0.4, -0.2) is 10.5 Å². The topological polar surface area (TPSA) is 48.9 Å². The third-order valence-electron chi connectivity index (χ3n) is 2.84. The molecule has 0 aliphatic carbocycles. The van der Waals surface area contributed by atoms with Crippen molar-refractivity contribution in [2.45, 2.75) is 53.0 Å². The number of imidazole rings is 1. The van der Waals surface area contributed by atoms with E-state index >= 15 is 0 Å². The maximum atomic E-state index is 8.89. The van der Waals surface area contributed by atoms with Crippen molar-refractivity contribution in [3.8, 4) is 0 Å². The third kappa shape index (κ3) is 8.79. The van der Waals surface area contributed by atoms with Crippen LogP contribution in [-0.2, 0) is 18.4 Å². The molecule has 4 heteroatoms. The molecule has 0 fully saturated rings. The zero-order valence-corrected chi connectivity index (χ0v) is 12.1. The van der Waals surface area contributed by atoms with Gasteiger partial charge in [-0.05, 0) is 25.7 Å². The van der Waals surface area contributed by atoms with Gasteiger partial charge in [-0.15, -0.1) is 0 Å². The van der Waals surface area contributed by atoms with Crippen molar-refractivity contribution >= 4 is 5.97 Å². The number of carbonyl (C=O) groups is 1. The van der Waals surface area contributed by atoms with Gasteiger partial charge in [0.2, 0.25) is 6.33 Å². The van der Waals surface area contributed by atoms with Crippen molar-refractivity contribution in [3.05, 3.63) is 18.7 Å². The molecule has 0 aromatic carbocycles. The van der Waals surface area contributed by atoms with Gasteiger partial charge in [0.25, 0.3) is 0 Å². The summed E-state index contributed by atoms with van der Waals surface area (Å²) in [7, 11) is 2.07. The van der Waals surface area contributed by atoms with E-state index < -0.39 is 5.97 Å². The summed E-state index contributed by atoms with van der Waals surface area (Å²) in [5, 5.41) is 8.89. The van der Waals surface area contributed by atoms with E-state index in [0.717, 1.165) is 12.8 Å². The number of carboxylic acids is 1. The molecule has 104 valence electrons. The largest absolute Gasteiger partial charge is 0.550 e. The Bertz CT molecular complexity index is 330. The molecular weight excluding hydrogens is 228 g/mol. The lowest BCUT2D eigenvalue weighted by molar-refractivity contribution is -0.703. The summed E-state index contributed by atoms with van der Waals surface area (Å²) >= 11 is 0. The minimum Gasteiger partial charge on any atom is -0.550 e. The van der Waals surface area contributed by atoms with Crippen molar-refractivity contribution < 1.29 is 14.5 Å².